The third kappa shape index (κ3) is 2.16. The van der Waals surface area contributed by atoms with E-state index in [1.807, 2.05) is 0 Å². The molecule has 1 aromatic carbocycles. The summed E-state index contributed by atoms with van der Waals surface area (Å²) in [7, 11) is 0. The van der Waals surface area contributed by atoms with Gasteiger partial charge in [0.05, 0.1) is 11.1 Å². The molecule has 28 heavy (non-hydrogen) atoms. The monoisotopic (exact) mass is 397 g/mol. The Balaban J connectivity index is 1.56. The van der Waals surface area contributed by atoms with Crippen LogP contribution >= 0.6 is 11.6 Å². The Bertz CT molecular complexity index is 1090. The van der Waals surface area contributed by atoms with Crippen LogP contribution in [0.2, 0.25) is 5.02 Å². The van der Waals surface area contributed by atoms with Crippen LogP contribution in [0.3, 0.4) is 0 Å². The Hall–Kier alpha value is -2.93. The van der Waals surface area contributed by atoms with Crippen molar-refractivity contribution in [2.24, 2.45) is 0 Å². The van der Waals surface area contributed by atoms with Crippen LogP contribution in [-0.2, 0) is 5.66 Å². The summed E-state index contributed by atoms with van der Waals surface area (Å²) in [6.45, 7) is 0. The van der Waals surface area contributed by atoms with Crippen LogP contribution in [0.25, 0.3) is 0 Å². The predicted octanol–water partition coefficient (Wildman–Crippen LogP) is 2.14. The first kappa shape index (κ1) is 17.2. The first-order chi connectivity index (χ1) is 13.4. The molecule has 1 aliphatic carbocycles. The van der Waals surface area contributed by atoms with Crippen molar-refractivity contribution in [3.05, 3.63) is 68.6 Å². The molecule has 2 aliphatic heterocycles. The molecule has 1 aromatic heterocycles. The second-order valence-electron chi connectivity index (χ2n) is 7.47. The highest BCUT2D eigenvalue weighted by Crippen LogP contribution is 2.40. The van der Waals surface area contributed by atoms with Crippen molar-refractivity contribution in [3.8, 4) is 0 Å². The van der Waals surface area contributed by atoms with Crippen LogP contribution in [0.15, 0.2) is 41.2 Å². The molecule has 0 saturated heterocycles. The van der Waals surface area contributed by atoms with E-state index in [1.54, 1.807) is 24.3 Å². The molecule has 0 radical (unpaired) electrons. The summed E-state index contributed by atoms with van der Waals surface area (Å²) < 4.78 is 1.40. The molecule has 3 heterocycles. The number of halogens is 1. The summed E-state index contributed by atoms with van der Waals surface area (Å²) in [5.74, 6) is -1.01. The summed E-state index contributed by atoms with van der Waals surface area (Å²) in [5.41, 5.74) is -0.392. The molecular formula is C20H16ClN3O4. The lowest BCUT2D eigenvalue weighted by molar-refractivity contribution is 0.0414. The first-order valence-corrected chi connectivity index (χ1v) is 9.52. The SMILES string of the molecule is O=C1NC2(CCCC(N3C(=O)c4ccccc4C3=O)C2)n2c1ccc(Cl)c2=O. The first-order valence-electron chi connectivity index (χ1n) is 9.14. The highest BCUT2D eigenvalue weighted by atomic mass is 35.5. The third-order valence-electron chi connectivity index (χ3n) is 5.93. The number of rotatable bonds is 1. The van der Waals surface area contributed by atoms with Crippen molar-refractivity contribution < 1.29 is 14.4 Å². The molecule has 142 valence electrons. The van der Waals surface area contributed by atoms with Gasteiger partial charge in [-0.25, -0.2) is 0 Å². The van der Waals surface area contributed by atoms with E-state index < -0.39 is 17.3 Å². The van der Waals surface area contributed by atoms with Crippen LogP contribution in [-0.4, -0.2) is 33.2 Å². The molecule has 3 aliphatic rings. The summed E-state index contributed by atoms with van der Waals surface area (Å²) in [4.78, 5) is 52.2. The van der Waals surface area contributed by atoms with Crippen LogP contribution in [0.4, 0.5) is 0 Å². The Kier molecular flexibility index (Phi) is 3.55. The molecule has 1 saturated carbocycles. The van der Waals surface area contributed by atoms with Crippen LogP contribution in [0.5, 0.6) is 0 Å². The van der Waals surface area contributed by atoms with Crippen molar-refractivity contribution >= 4 is 29.3 Å². The molecule has 0 bridgehead atoms. The molecule has 8 heteroatoms. The molecule has 7 nitrogen and oxygen atoms in total. The number of pyridine rings is 1. The van der Waals surface area contributed by atoms with Gasteiger partial charge in [-0.3, -0.25) is 28.6 Å². The summed E-state index contributed by atoms with van der Waals surface area (Å²) in [5, 5.41) is 2.95. The van der Waals surface area contributed by atoms with E-state index in [0.717, 1.165) is 0 Å². The Morgan fingerprint density at radius 3 is 2.36 bits per heavy atom. The summed E-state index contributed by atoms with van der Waals surface area (Å²) in [6, 6.07) is 9.27. The van der Waals surface area contributed by atoms with Gasteiger partial charge in [0.25, 0.3) is 23.3 Å². The fourth-order valence-electron chi connectivity index (χ4n) is 4.75. The van der Waals surface area contributed by atoms with E-state index in [-0.39, 0.29) is 34.9 Å². The second kappa shape index (κ2) is 5.78. The van der Waals surface area contributed by atoms with Gasteiger partial charge >= 0.3 is 0 Å². The highest BCUT2D eigenvalue weighted by molar-refractivity contribution is 6.30. The quantitative estimate of drug-likeness (QED) is 0.747. The fraction of sp³-hybridized carbons (Fsp3) is 0.300. The molecule has 2 aromatic rings. The van der Waals surface area contributed by atoms with Crippen molar-refractivity contribution in [1.82, 2.24) is 14.8 Å². The van der Waals surface area contributed by atoms with Gasteiger partial charge < -0.3 is 5.32 Å². The van der Waals surface area contributed by atoms with Crippen molar-refractivity contribution in [2.45, 2.75) is 37.4 Å². The zero-order valence-electron chi connectivity index (χ0n) is 14.8. The minimum Gasteiger partial charge on any atom is -0.327 e. The van der Waals surface area contributed by atoms with E-state index in [0.29, 0.717) is 30.4 Å². The molecule has 2 unspecified atom stereocenters. The van der Waals surface area contributed by atoms with Crippen LogP contribution in [0.1, 0.15) is 56.9 Å². The largest absolute Gasteiger partial charge is 0.327 e. The number of imide groups is 1. The van der Waals surface area contributed by atoms with Gasteiger partial charge in [0.15, 0.2) is 0 Å². The average Bonchev–Trinajstić information content (AvgIpc) is 3.10. The lowest BCUT2D eigenvalue weighted by Crippen LogP contribution is -2.55. The number of aromatic nitrogens is 1. The van der Waals surface area contributed by atoms with Gasteiger partial charge in [0, 0.05) is 12.5 Å². The zero-order valence-corrected chi connectivity index (χ0v) is 15.5. The van der Waals surface area contributed by atoms with Gasteiger partial charge in [0.2, 0.25) is 0 Å². The van der Waals surface area contributed by atoms with Gasteiger partial charge in [0.1, 0.15) is 16.4 Å². The Morgan fingerprint density at radius 1 is 1.00 bits per heavy atom. The standard InChI is InChI=1S/C20H16ClN3O4/c21-14-7-8-15-16(25)22-20(24(15)19(14)28)9-3-4-11(10-20)23-17(26)12-5-1-2-6-13(12)18(23)27/h1-2,5-8,11H,3-4,9-10H2,(H,22,25). The van der Waals surface area contributed by atoms with E-state index in [9.17, 15) is 19.2 Å². The second-order valence-corrected chi connectivity index (χ2v) is 7.88. The number of hydrogen-bond donors (Lipinski definition) is 1. The lowest BCUT2D eigenvalue weighted by Gasteiger charge is -2.41. The smallest absolute Gasteiger partial charge is 0.271 e. The number of amides is 3. The normalized spacial score (nSPS) is 25.8. The minimum absolute atomic E-state index is 0.0301. The van der Waals surface area contributed by atoms with E-state index >= 15 is 0 Å². The van der Waals surface area contributed by atoms with E-state index in [1.165, 1.54) is 21.6 Å². The lowest BCUT2D eigenvalue weighted by atomic mass is 9.84. The number of carbonyl (C=O) groups is 3. The van der Waals surface area contributed by atoms with Crippen LogP contribution in [0, 0.1) is 0 Å². The molecule has 1 fully saturated rings. The maximum Gasteiger partial charge on any atom is 0.271 e. The molecule has 2 atom stereocenters. The average molecular weight is 398 g/mol. The molecule has 5 rings (SSSR count). The Labute approximate surface area is 164 Å². The maximum absolute atomic E-state index is 12.9. The number of fused-ring (bicyclic) bond motifs is 3. The predicted molar refractivity (Wildman–Crippen MR) is 100 cm³/mol. The van der Waals surface area contributed by atoms with Gasteiger partial charge in [-0.05, 0) is 43.5 Å². The fourth-order valence-corrected chi connectivity index (χ4v) is 4.90. The summed E-state index contributed by atoms with van der Waals surface area (Å²) >= 11 is 6.02. The molecule has 3 amide bonds. The van der Waals surface area contributed by atoms with Gasteiger partial charge in [-0.15, -0.1) is 0 Å². The highest BCUT2D eigenvalue weighted by Gasteiger charge is 2.50. The number of nitrogens with one attached hydrogen (secondary N) is 1. The topological polar surface area (TPSA) is 88.5 Å². The van der Waals surface area contributed by atoms with E-state index in [2.05, 4.69) is 5.32 Å². The van der Waals surface area contributed by atoms with Crippen molar-refractivity contribution in [2.75, 3.05) is 0 Å². The van der Waals surface area contributed by atoms with Crippen molar-refractivity contribution in [1.29, 1.82) is 0 Å². The zero-order chi connectivity index (χ0) is 19.6. The number of nitrogens with zero attached hydrogens (tertiary/aromatic N) is 2. The number of hydrogen-bond acceptors (Lipinski definition) is 4. The minimum atomic E-state index is -0.980. The molecular weight excluding hydrogens is 382 g/mol. The Morgan fingerprint density at radius 2 is 1.68 bits per heavy atom. The summed E-state index contributed by atoms with van der Waals surface area (Å²) in [6.07, 6.45) is 2.08. The number of carbonyl (C=O) groups excluding carboxylic acids is 3. The maximum atomic E-state index is 12.9. The van der Waals surface area contributed by atoms with Crippen molar-refractivity contribution in [3.63, 3.8) is 0 Å². The molecule has 1 spiro atoms. The van der Waals surface area contributed by atoms with Gasteiger partial charge in [-0.1, -0.05) is 23.7 Å². The number of benzene rings is 1. The van der Waals surface area contributed by atoms with E-state index in [4.69, 9.17) is 11.6 Å². The molecule has 1 N–H and O–H groups in total. The van der Waals surface area contributed by atoms with Gasteiger partial charge in [-0.2, -0.15) is 0 Å². The third-order valence-corrected chi connectivity index (χ3v) is 6.22. The van der Waals surface area contributed by atoms with Crippen LogP contribution < -0.4 is 10.9 Å².